The maximum absolute atomic E-state index is 11.9. The molecule has 2 aliphatic rings. The number of amides is 2. The molecule has 0 aromatic carbocycles. The number of carboxylic acids is 1. The average molecular weight is 289 g/mol. The van der Waals surface area contributed by atoms with Crippen molar-refractivity contribution in [3.63, 3.8) is 0 Å². The Hall–Kier alpha value is -2.11. The maximum Gasteiger partial charge on any atom is 0.335 e. The van der Waals surface area contributed by atoms with Crippen LogP contribution >= 0.6 is 0 Å². The molecule has 3 atom stereocenters. The summed E-state index contributed by atoms with van der Waals surface area (Å²) in [5, 5.41) is 14.7. The second-order valence-electron chi connectivity index (χ2n) is 5.95. The number of rotatable bonds is 4. The Morgan fingerprint density at radius 3 is 2.86 bits per heavy atom. The van der Waals surface area contributed by atoms with Crippen molar-refractivity contribution >= 4 is 12.0 Å². The molecule has 112 valence electrons. The number of carbonyl (C=O) groups is 2. The summed E-state index contributed by atoms with van der Waals surface area (Å²) in [7, 11) is 0. The number of nitrogens with zero attached hydrogens (tertiary/aromatic N) is 1. The summed E-state index contributed by atoms with van der Waals surface area (Å²) in [6, 6.07) is 3.00. The van der Waals surface area contributed by atoms with Gasteiger partial charge in [0, 0.05) is 12.2 Å². The number of pyridine rings is 1. The zero-order valence-electron chi connectivity index (χ0n) is 11.7. The quantitative estimate of drug-likeness (QED) is 0.787. The number of fused-ring (bicyclic) bond motifs is 2. The van der Waals surface area contributed by atoms with Gasteiger partial charge < -0.3 is 15.7 Å². The maximum atomic E-state index is 11.9. The van der Waals surface area contributed by atoms with E-state index >= 15 is 0 Å². The van der Waals surface area contributed by atoms with Crippen LogP contribution in [-0.4, -0.2) is 28.1 Å². The lowest BCUT2D eigenvalue weighted by Gasteiger charge is -2.22. The van der Waals surface area contributed by atoms with Gasteiger partial charge in [-0.1, -0.05) is 6.42 Å². The fourth-order valence-electron chi connectivity index (χ4n) is 3.52. The number of carboxylic acid groups (broad SMARTS) is 1. The smallest absolute Gasteiger partial charge is 0.335 e. The van der Waals surface area contributed by atoms with E-state index in [0.29, 0.717) is 17.7 Å². The first-order valence-corrected chi connectivity index (χ1v) is 7.34. The minimum absolute atomic E-state index is 0.176. The zero-order valence-corrected chi connectivity index (χ0v) is 11.7. The van der Waals surface area contributed by atoms with E-state index in [4.69, 9.17) is 5.11 Å². The van der Waals surface area contributed by atoms with Gasteiger partial charge in [0.05, 0.1) is 17.8 Å². The molecule has 3 unspecified atom stereocenters. The molecule has 21 heavy (non-hydrogen) atoms. The Morgan fingerprint density at radius 2 is 2.19 bits per heavy atom. The summed E-state index contributed by atoms with van der Waals surface area (Å²) in [6.07, 6.45) is 6.29. The van der Waals surface area contributed by atoms with Crippen LogP contribution in [0, 0.1) is 11.8 Å². The first kappa shape index (κ1) is 13.9. The predicted octanol–water partition coefficient (Wildman–Crippen LogP) is 1.77. The molecular formula is C15H19N3O3. The lowest BCUT2D eigenvalue weighted by atomic mass is 9.95. The van der Waals surface area contributed by atoms with Crippen molar-refractivity contribution < 1.29 is 14.7 Å². The lowest BCUT2D eigenvalue weighted by molar-refractivity contribution is 0.0696. The standard InChI is InChI=1S/C15H19N3O3/c19-14(20)11-3-4-16-12(7-11)8-17-15(21)18-13-6-9-1-2-10(13)5-9/h3-4,7,9-10,13H,1-2,5-6,8H2,(H,19,20)(H2,17,18,21). The van der Waals surface area contributed by atoms with Gasteiger partial charge >= 0.3 is 12.0 Å². The first-order chi connectivity index (χ1) is 10.1. The summed E-state index contributed by atoms with van der Waals surface area (Å²) in [5.41, 5.74) is 0.716. The van der Waals surface area contributed by atoms with E-state index in [2.05, 4.69) is 15.6 Å². The number of carbonyl (C=O) groups excluding carboxylic acids is 1. The zero-order chi connectivity index (χ0) is 14.8. The average Bonchev–Trinajstić information content (AvgIpc) is 3.08. The number of urea groups is 1. The molecule has 2 saturated carbocycles. The van der Waals surface area contributed by atoms with Crippen molar-refractivity contribution in [2.24, 2.45) is 11.8 Å². The van der Waals surface area contributed by atoms with Crippen LogP contribution in [0.1, 0.15) is 41.7 Å². The second kappa shape index (κ2) is 5.71. The first-order valence-electron chi connectivity index (χ1n) is 7.34. The van der Waals surface area contributed by atoms with Gasteiger partial charge in [-0.05, 0) is 43.2 Å². The molecule has 1 aromatic rings. The molecule has 3 N–H and O–H groups in total. The van der Waals surface area contributed by atoms with E-state index in [9.17, 15) is 9.59 Å². The molecule has 2 amide bonds. The summed E-state index contributed by atoms with van der Waals surface area (Å²) in [6.45, 7) is 0.230. The molecule has 1 aromatic heterocycles. The lowest BCUT2D eigenvalue weighted by Crippen LogP contribution is -2.44. The van der Waals surface area contributed by atoms with E-state index < -0.39 is 5.97 Å². The van der Waals surface area contributed by atoms with E-state index in [1.54, 1.807) is 0 Å². The molecule has 6 nitrogen and oxygen atoms in total. The monoisotopic (exact) mass is 289 g/mol. The largest absolute Gasteiger partial charge is 0.478 e. The Morgan fingerprint density at radius 1 is 1.33 bits per heavy atom. The Balaban J connectivity index is 1.49. The predicted molar refractivity (Wildman–Crippen MR) is 75.8 cm³/mol. The normalized spacial score (nSPS) is 26.6. The molecule has 0 spiro atoms. The van der Waals surface area contributed by atoms with Crippen LogP contribution in [0.5, 0.6) is 0 Å². The van der Waals surface area contributed by atoms with Crippen LogP contribution in [0.25, 0.3) is 0 Å². The van der Waals surface area contributed by atoms with Gasteiger partial charge in [0.1, 0.15) is 0 Å². The van der Waals surface area contributed by atoms with Crippen molar-refractivity contribution in [2.75, 3.05) is 0 Å². The van der Waals surface area contributed by atoms with Gasteiger partial charge in [-0.15, -0.1) is 0 Å². The van der Waals surface area contributed by atoms with Crippen molar-refractivity contribution in [3.05, 3.63) is 29.6 Å². The molecule has 2 aliphatic carbocycles. The second-order valence-corrected chi connectivity index (χ2v) is 5.95. The number of aromatic carboxylic acids is 1. The third kappa shape index (κ3) is 3.15. The Kier molecular flexibility index (Phi) is 3.77. The van der Waals surface area contributed by atoms with Gasteiger partial charge in [0.25, 0.3) is 0 Å². The van der Waals surface area contributed by atoms with E-state index in [0.717, 1.165) is 12.3 Å². The van der Waals surface area contributed by atoms with Crippen molar-refractivity contribution in [2.45, 2.75) is 38.3 Å². The molecule has 2 fully saturated rings. The summed E-state index contributed by atoms with van der Waals surface area (Å²) >= 11 is 0. The third-order valence-corrected chi connectivity index (χ3v) is 4.55. The van der Waals surface area contributed by atoms with Gasteiger partial charge in [-0.2, -0.15) is 0 Å². The molecule has 0 saturated heterocycles. The molecule has 0 radical (unpaired) electrons. The molecule has 1 heterocycles. The number of aromatic nitrogens is 1. The van der Waals surface area contributed by atoms with Crippen LogP contribution in [0.3, 0.4) is 0 Å². The number of hydrogen-bond donors (Lipinski definition) is 3. The van der Waals surface area contributed by atoms with E-state index in [-0.39, 0.29) is 18.1 Å². The molecule has 0 aliphatic heterocycles. The molecule has 3 rings (SSSR count). The highest BCUT2D eigenvalue weighted by Gasteiger charge is 2.40. The SMILES string of the molecule is O=C(NCc1cc(C(=O)O)ccn1)NC1CC2CCC1C2. The van der Waals surface area contributed by atoms with Crippen LogP contribution in [0.4, 0.5) is 4.79 Å². The molecule has 6 heteroatoms. The van der Waals surface area contributed by atoms with Gasteiger partial charge in [-0.3, -0.25) is 4.98 Å². The fourth-order valence-corrected chi connectivity index (χ4v) is 3.52. The minimum Gasteiger partial charge on any atom is -0.478 e. The fraction of sp³-hybridized carbons (Fsp3) is 0.533. The topological polar surface area (TPSA) is 91.3 Å². The van der Waals surface area contributed by atoms with Gasteiger partial charge in [-0.25, -0.2) is 9.59 Å². The molecular weight excluding hydrogens is 270 g/mol. The van der Waals surface area contributed by atoms with Crippen LogP contribution < -0.4 is 10.6 Å². The van der Waals surface area contributed by atoms with Crippen molar-refractivity contribution in [1.29, 1.82) is 0 Å². The van der Waals surface area contributed by atoms with Crippen LogP contribution in [-0.2, 0) is 6.54 Å². The number of hydrogen-bond acceptors (Lipinski definition) is 3. The summed E-state index contributed by atoms with van der Waals surface area (Å²) < 4.78 is 0. The molecule has 2 bridgehead atoms. The van der Waals surface area contributed by atoms with E-state index in [1.807, 2.05) is 0 Å². The Labute approximate surface area is 123 Å². The highest BCUT2D eigenvalue weighted by Crippen LogP contribution is 2.44. The summed E-state index contributed by atoms with van der Waals surface area (Å²) in [5.74, 6) is 0.425. The minimum atomic E-state index is -0.995. The van der Waals surface area contributed by atoms with Crippen LogP contribution in [0.15, 0.2) is 18.3 Å². The highest BCUT2D eigenvalue weighted by molar-refractivity contribution is 5.87. The van der Waals surface area contributed by atoms with Gasteiger partial charge in [0.15, 0.2) is 0 Å². The Bertz CT molecular complexity index is 561. The van der Waals surface area contributed by atoms with Crippen molar-refractivity contribution in [3.8, 4) is 0 Å². The van der Waals surface area contributed by atoms with E-state index in [1.165, 1.54) is 37.6 Å². The third-order valence-electron chi connectivity index (χ3n) is 4.55. The van der Waals surface area contributed by atoms with Gasteiger partial charge in [0.2, 0.25) is 0 Å². The van der Waals surface area contributed by atoms with Crippen molar-refractivity contribution in [1.82, 2.24) is 15.6 Å². The highest BCUT2D eigenvalue weighted by atomic mass is 16.4. The van der Waals surface area contributed by atoms with Crippen LogP contribution in [0.2, 0.25) is 0 Å². The number of nitrogens with one attached hydrogen (secondary N) is 2. The summed E-state index contributed by atoms with van der Waals surface area (Å²) in [4.78, 5) is 26.8.